The number of benzene rings is 2. The van der Waals surface area contributed by atoms with Crippen molar-refractivity contribution in [2.24, 2.45) is 0 Å². The second kappa shape index (κ2) is 6.37. The molecule has 0 atom stereocenters. The zero-order valence-corrected chi connectivity index (χ0v) is 12.0. The molecule has 1 N–H and O–H groups in total. The van der Waals surface area contributed by atoms with Gasteiger partial charge in [-0.25, -0.2) is 0 Å². The maximum Gasteiger partial charge on any atom is 0.174 e. The van der Waals surface area contributed by atoms with E-state index in [1.165, 1.54) is 0 Å². The van der Waals surface area contributed by atoms with Crippen molar-refractivity contribution in [1.82, 2.24) is 10.5 Å². The molecule has 0 spiro atoms. The fraction of sp³-hybridized carbons (Fsp3) is 0.167. The maximum absolute atomic E-state index is 5.64. The van der Waals surface area contributed by atoms with Crippen molar-refractivity contribution in [2.75, 3.05) is 6.54 Å². The molecule has 0 radical (unpaired) electrons. The van der Waals surface area contributed by atoms with Gasteiger partial charge in [0.05, 0.1) is 5.56 Å². The number of nitrogens with zero attached hydrogens (tertiary/aromatic N) is 1. The van der Waals surface area contributed by atoms with Gasteiger partial charge in [-0.1, -0.05) is 72.7 Å². The van der Waals surface area contributed by atoms with Crippen LogP contribution in [-0.2, 0) is 6.54 Å². The third-order valence-electron chi connectivity index (χ3n) is 3.40. The first-order valence-electron chi connectivity index (χ1n) is 7.20. The van der Waals surface area contributed by atoms with E-state index in [2.05, 4.69) is 29.5 Å². The predicted octanol–water partition coefficient (Wildman–Crippen LogP) is 4.12. The van der Waals surface area contributed by atoms with Gasteiger partial charge >= 0.3 is 0 Å². The summed E-state index contributed by atoms with van der Waals surface area (Å²) in [6, 6.07) is 20.4. The van der Waals surface area contributed by atoms with Crippen molar-refractivity contribution in [3.63, 3.8) is 0 Å². The summed E-state index contributed by atoms with van der Waals surface area (Å²) in [5, 5.41) is 7.59. The van der Waals surface area contributed by atoms with E-state index in [0.717, 1.165) is 34.7 Å². The summed E-state index contributed by atoms with van der Waals surface area (Å²) in [6.45, 7) is 3.69. The smallest absolute Gasteiger partial charge is 0.174 e. The third-order valence-corrected chi connectivity index (χ3v) is 3.40. The highest BCUT2D eigenvalue weighted by molar-refractivity contribution is 5.81. The molecule has 3 nitrogen and oxygen atoms in total. The summed E-state index contributed by atoms with van der Waals surface area (Å²) in [6.07, 6.45) is 0. The third kappa shape index (κ3) is 2.88. The van der Waals surface area contributed by atoms with Crippen molar-refractivity contribution in [3.8, 4) is 22.5 Å². The van der Waals surface area contributed by atoms with Gasteiger partial charge in [0.25, 0.3) is 0 Å². The maximum atomic E-state index is 5.64. The molecule has 2 aromatic carbocycles. The first kappa shape index (κ1) is 13.6. The van der Waals surface area contributed by atoms with Crippen molar-refractivity contribution in [3.05, 3.63) is 66.4 Å². The standard InChI is InChI=1S/C18H18N2O/c1-2-19-13-16-17(14-9-5-3-6-10-14)18(21-20-16)15-11-7-4-8-12-15/h3-12,19H,2,13H2,1H3. The Labute approximate surface area is 124 Å². The molecule has 0 fully saturated rings. The van der Waals surface area contributed by atoms with Gasteiger partial charge in [-0.2, -0.15) is 0 Å². The molecule has 0 aliphatic heterocycles. The largest absolute Gasteiger partial charge is 0.355 e. The van der Waals surface area contributed by atoms with E-state index in [9.17, 15) is 0 Å². The van der Waals surface area contributed by atoms with Crippen LogP contribution in [0.2, 0.25) is 0 Å². The van der Waals surface area contributed by atoms with Gasteiger partial charge in [0, 0.05) is 12.1 Å². The lowest BCUT2D eigenvalue weighted by Gasteiger charge is -2.05. The fourth-order valence-electron chi connectivity index (χ4n) is 2.38. The molecule has 0 unspecified atom stereocenters. The highest BCUT2D eigenvalue weighted by atomic mass is 16.5. The van der Waals surface area contributed by atoms with E-state index in [1.807, 2.05) is 48.5 Å². The van der Waals surface area contributed by atoms with E-state index >= 15 is 0 Å². The van der Waals surface area contributed by atoms with Crippen molar-refractivity contribution < 1.29 is 4.52 Å². The van der Waals surface area contributed by atoms with Crippen LogP contribution in [0.15, 0.2) is 65.2 Å². The summed E-state index contributed by atoms with van der Waals surface area (Å²) in [7, 11) is 0. The van der Waals surface area contributed by atoms with Gasteiger partial charge in [0.1, 0.15) is 5.69 Å². The monoisotopic (exact) mass is 278 g/mol. The van der Waals surface area contributed by atoms with E-state index in [-0.39, 0.29) is 0 Å². The molecule has 3 aromatic rings. The Morgan fingerprint density at radius 1 is 0.905 bits per heavy atom. The van der Waals surface area contributed by atoms with Crippen molar-refractivity contribution in [2.45, 2.75) is 13.5 Å². The number of hydrogen-bond acceptors (Lipinski definition) is 3. The van der Waals surface area contributed by atoms with Gasteiger partial charge in [-0.05, 0) is 12.1 Å². The lowest BCUT2D eigenvalue weighted by molar-refractivity contribution is 0.420. The molecule has 1 heterocycles. The summed E-state index contributed by atoms with van der Waals surface area (Å²) in [4.78, 5) is 0. The molecule has 0 amide bonds. The van der Waals surface area contributed by atoms with Gasteiger partial charge in [0.15, 0.2) is 5.76 Å². The molecule has 0 aliphatic rings. The van der Waals surface area contributed by atoms with Crippen LogP contribution in [-0.4, -0.2) is 11.7 Å². The number of rotatable bonds is 5. The average Bonchev–Trinajstić information content (AvgIpc) is 2.98. The number of hydrogen-bond donors (Lipinski definition) is 1. The molecule has 0 saturated carbocycles. The summed E-state index contributed by atoms with van der Waals surface area (Å²) in [5.74, 6) is 0.828. The van der Waals surface area contributed by atoms with Crippen LogP contribution in [0.4, 0.5) is 0 Å². The molecule has 3 rings (SSSR count). The van der Waals surface area contributed by atoms with Crippen molar-refractivity contribution >= 4 is 0 Å². The van der Waals surface area contributed by atoms with Gasteiger partial charge in [-0.3, -0.25) is 0 Å². The molecular formula is C18H18N2O. The second-order valence-electron chi connectivity index (χ2n) is 4.85. The molecule has 0 bridgehead atoms. The van der Waals surface area contributed by atoms with E-state index < -0.39 is 0 Å². The summed E-state index contributed by atoms with van der Waals surface area (Å²) in [5.41, 5.74) is 4.20. The van der Waals surface area contributed by atoms with Crippen LogP contribution in [0.1, 0.15) is 12.6 Å². The Balaban J connectivity index is 2.11. The minimum Gasteiger partial charge on any atom is -0.355 e. The molecule has 106 valence electrons. The normalized spacial score (nSPS) is 10.7. The molecule has 3 heteroatoms. The summed E-state index contributed by atoms with van der Waals surface area (Å²) < 4.78 is 5.64. The number of aromatic nitrogens is 1. The quantitative estimate of drug-likeness (QED) is 0.763. The SMILES string of the molecule is CCNCc1noc(-c2ccccc2)c1-c1ccccc1. The Morgan fingerprint density at radius 2 is 1.52 bits per heavy atom. The lowest BCUT2D eigenvalue weighted by Crippen LogP contribution is -2.12. The molecule has 21 heavy (non-hydrogen) atoms. The average molecular weight is 278 g/mol. The van der Waals surface area contributed by atoms with Gasteiger partial charge in [0.2, 0.25) is 0 Å². The Morgan fingerprint density at radius 3 is 2.14 bits per heavy atom. The second-order valence-corrected chi connectivity index (χ2v) is 4.85. The van der Waals surface area contributed by atoms with Crippen LogP contribution < -0.4 is 5.32 Å². The molecule has 0 saturated heterocycles. The minimum absolute atomic E-state index is 0.705. The van der Waals surface area contributed by atoms with Crippen molar-refractivity contribution in [1.29, 1.82) is 0 Å². The topological polar surface area (TPSA) is 38.1 Å². The fourth-order valence-corrected chi connectivity index (χ4v) is 2.38. The first-order chi connectivity index (χ1) is 10.4. The van der Waals surface area contributed by atoms with Crippen LogP contribution in [0.5, 0.6) is 0 Å². The molecule has 0 aliphatic carbocycles. The Kier molecular flexibility index (Phi) is 4.12. The van der Waals surface area contributed by atoms with Crippen LogP contribution >= 0.6 is 0 Å². The predicted molar refractivity (Wildman–Crippen MR) is 84.8 cm³/mol. The van der Waals surface area contributed by atoms with E-state index in [1.54, 1.807) is 0 Å². The highest BCUT2D eigenvalue weighted by Crippen LogP contribution is 2.34. The molecule has 1 aromatic heterocycles. The highest BCUT2D eigenvalue weighted by Gasteiger charge is 2.18. The van der Waals surface area contributed by atoms with Crippen LogP contribution in [0.25, 0.3) is 22.5 Å². The zero-order chi connectivity index (χ0) is 14.5. The van der Waals surface area contributed by atoms with Crippen LogP contribution in [0, 0.1) is 0 Å². The van der Waals surface area contributed by atoms with Crippen LogP contribution in [0.3, 0.4) is 0 Å². The lowest BCUT2D eigenvalue weighted by atomic mass is 9.99. The summed E-state index contributed by atoms with van der Waals surface area (Å²) >= 11 is 0. The zero-order valence-electron chi connectivity index (χ0n) is 12.0. The Hall–Kier alpha value is -2.39. The molecular weight excluding hydrogens is 260 g/mol. The number of nitrogens with one attached hydrogen (secondary N) is 1. The van der Waals surface area contributed by atoms with E-state index in [0.29, 0.717) is 6.54 Å². The van der Waals surface area contributed by atoms with Gasteiger partial charge in [-0.15, -0.1) is 0 Å². The first-order valence-corrected chi connectivity index (χ1v) is 7.20. The minimum atomic E-state index is 0.705. The van der Waals surface area contributed by atoms with Gasteiger partial charge < -0.3 is 9.84 Å². The van der Waals surface area contributed by atoms with E-state index in [4.69, 9.17) is 4.52 Å². The Bertz CT molecular complexity index is 690.